The van der Waals surface area contributed by atoms with E-state index in [0.717, 1.165) is 50.7 Å². The van der Waals surface area contributed by atoms with Crippen LogP contribution in [0.2, 0.25) is 0 Å². The summed E-state index contributed by atoms with van der Waals surface area (Å²) in [6.45, 7) is 9.99. The Kier molecular flexibility index (Phi) is 9.55. The molecule has 2 N–H and O–H groups in total. The van der Waals surface area contributed by atoms with Gasteiger partial charge in [-0.2, -0.15) is 0 Å². The van der Waals surface area contributed by atoms with Crippen LogP contribution in [0, 0.1) is 0 Å². The first-order chi connectivity index (χ1) is 19.8. The van der Waals surface area contributed by atoms with Gasteiger partial charge in [0.2, 0.25) is 0 Å². The summed E-state index contributed by atoms with van der Waals surface area (Å²) in [6, 6.07) is 21.8. The molecule has 6 aromatic rings. The van der Waals surface area contributed by atoms with E-state index in [0.29, 0.717) is 0 Å². The normalized spacial score (nSPS) is 11.7. The van der Waals surface area contributed by atoms with Crippen LogP contribution in [0.25, 0.3) is 43.6 Å². The zero-order valence-corrected chi connectivity index (χ0v) is 25.0. The summed E-state index contributed by atoms with van der Waals surface area (Å²) in [6.07, 6.45) is 8.95. The van der Waals surface area contributed by atoms with Crippen LogP contribution in [0.4, 0.5) is 0 Å². The summed E-state index contributed by atoms with van der Waals surface area (Å²) in [5.74, 6) is 0. The summed E-state index contributed by atoms with van der Waals surface area (Å²) in [5, 5.41) is 12.4. The van der Waals surface area contributed by atoms with Gasteiger partial charge in [0.05, 0.1) is 34.8 Å². The van der Waals surface area contributed by atoms with Crippen molar-refractivity contribution in [1.29, 1.82) is 0 Å². The first kappa shape index (κ1) is 29.1. The van der Waals surface area contributed by atoms with Crippen molar-refractivity contribution in [3.05, 3.63) is 84.4 Å². The Hall–Kier alpha value is -3.45. The molecule has 0 fully saturated rings. The van der Waals surface area contributed by atoms with Crippen LogP contribution in [0.5, 0.6) is 0 Å². The number of unbranched alkanes of at least 4 members (excludes halogenated alkanes) is 3. The predicted molar refractivity (Wildman–Crippen MR) is 175 cm³/mol. The average molecular weight is 569 g/mol. The van der Waals surface area contributed by atoms with Gasteiger partial charge in [-0.1, -0.05) is 49.2 Å². The van der Waals surface area contributed by atoms with Crippen LogP contribution >= 0.6 is 12.4 Å². The van der Waals surface area contributed by atoms with Crippen molar-refractivity contribution in [3.8, 4) is 0 Å². The molecule has 0 saturated carbocycles. The summed E-state index contributed by atoms with van der Waals surface area (Å²) >= 11 is 0. The fourth-order valence-electron chi connectivity index (χ4n) is 6.14. The molecule has 0 amide bonds. The second-order valence-corrected chi connectivity index (χ2v) is 10.7. The van der Waals surface area contributed by atoms with Crippen LogP contribution < -0.4 is 10.6 Å². The SMILES string of the molecule is CCn1c2ccccc2c2cc(CNCCCCCCNCc3cc4c5ccccc5n(CC)c4cn3)ncc21.Cl. The van der Waals surface area contributed by atoms with E-state index >= 15 is 0 Å². The third-order valence-electron chi connectivity index (χ3n) is 8.13. The van der Waals surface area contributed by atoms with Gasteiger partial charge < -0.3 is 19.8 Å². The number of hydrogen-bond acceptors (Lipinski definition) is 4. The molecule has 0 atom stereocenters. The molecule has 214 valence electrons. The first-order valence-corrected chi connectivity index (χ1v) is 14.9. The maximum Gasteiger partial charge on any atom is 0.0677 e. The van der Waals surface area contributed by atoms with Crippen molar-refractivity contribution in [2.24, 2.45) is 0 Å². The summed E-state index contributed by atoms with van der Waals surface area (Å²) < 4.78 is 4.70. The number of rotatable bonds is 13. The Labute approximate surface area is 248 Å². The number of para-hydroxylation sites is 2. The van der Waals surface area contributed by atoms with Gasteiger partial charge in [-0.25, -0.2) is 0 Å². The second-order valence-electron chi connectivity index (χ2n) is 10.7. The van der Waals surface area contributed by atoms with Crippen molar-refractivity contribution in [2.45, 2.75) is 65.7 Å². The third kappa shape index (κ3) is 5.96. The lowest BCUT2D eigenvalue weighted by Gasteiger charge is -2.07. The van der Waals surface area contributed by atoms with E-state index in [4.69, 9.17) is 9.97 Å². The Morgan fingerprint density at radius 2 is 1.00 bits per heavy atom. The van der Waals surface area contributed by atoms with Crippen LogP contribution in [-0.4, -0.2) is 32.2 Å². The quantitative estimate of drug-likeness (QED) is 0.141. The summed E-state index contributed by atoms with van der Waals surface area (Å²) in [7, 11) is 0. The molecule has 0 unspecified atom stereocenters. The first-order valence-electron chi connectivity index (χ1n) is 14.9. The van der Waals surface area contributed by atoms with E-state index in [1.165, 1.54) is 69.3 Å². The minimum Gasteiger partial charge on any atom is -0.339 e. The smallest absolute Gasteiger partial charge is 0.0677 e. The molecule has 0 saturated heterocycles. The molecular weight excluding hydrogens is 528 g/mol. The summed E-state index contributed by atoms with van der Waals surface area (Å²) in [4.78, 5) is 9.49. The Morgan fingerprint density at radius 3 is 1.44 bits per heavy atom. The average Bonchev–Trinajstić information content (AvgIpc) is 3.49. The van der Waals surface area contributed by atoms with Crippen molar-refractivity contribution >= 4 is 56.0 Å². The molecule has 2 aromatic carbocycles. The van der Waals surface area contributed by atoms with Gasteiger partial charge in [0.25, 0.3) is 0 Å². The second kappa shape index (κ2) is 13.5. The summed E-state index contributed by atoms with van der Waals surface area (Å²) in [5.41, 5.74) is 7.25. The fraction of sp³-hybridized carbons (Fsp3) is 0.353. The van der Waals surface area contributed by atoms with E-state index in [-0.39, 0.29) is 12.4 Å². The molecule has 4 heterocycles. The van der Waals surface area contributed by atoms with E-state index in [2.05, 4.69) is 94.3 Å². The van der Waals surface area contributed by atoms with Crippen molar-refractivity contribution < 1.29 is 0 Å². The van der Waals surface area contributed by atoms with Crippen LogP contribution in [0.1, 0.15) is 50.9 Å². The minimum absolute atomic E-state index is 0. The van der Waals surface area contributed by atoms with Crippen LogP contribution in [-0.2, 0) is 26.2 Å². The van der Waals surface area contributed by atoms with Crippen molar-refractivity contribution in [1.82, 2.24) is 29.7 Å². The molecular formula is C34H41ClN6. The molecule has 0 aliphatic carbocycles. The highest BCUT2D eigenvalue weighted by Crippen LogP contribution is 2.30. The van der Waals surface area contributed by atoms with E-state index in [9.17, 15) is 0 Å². The topological polar surface area (TPSA) is 59.7 Å². The zero-order chi connectivity index (χ0) is 27.3. The van der Waals surface area contributed by atoms with Gasteiger partial charge in [-0.05, 0) is 64.0 Å². The van der Waals surface area contributed by atoms with Gasteiger partial charge in [0, 0.05) is 58.8 Å². The zero-order valence-electron chi connectivity index (χ0n) is 24.2. The highest BCUT2D eigenvalue weighted by atomic mass is 35.5. The number of halogens is 1. The van der Waals surface area contributed by atoms with Crippen LogP contribution in [0.15, 0.2) is 73.1 Å². The number of nitrogens with zero attached hydrogens (tertiary/aromatic N) is 4. The molecule has 6 nitrogen and oxygen atoms in total. The number of nitrogens with one attached hydrogen (secondary N) is 2. The van der Waals surface area contributed by atoms with E-state index < -0.39 is 0 Å². The number of aryl methyl sites for hydroxylation is 2. The number of fused-ring (bicyclic) bond motifs is 6. The fourth-order valence-corrected chi connectivity index (χ4v) is 6.14. The standard InChI is InChI=1S/C34H40N6.ClH/c1-3-39-31-15-9-7-13-27(31)29-19-25(37-23-33(29)39)21-35-17-11-5-6-12-18-36-22-26-20-30-28-14-8-10-16-32(28)40(4-2)34(30)24-38-26;/h7-10,13-16,19-20,23-24,35-36H,3-6,11-12,17-18,21-22H2,1-2H3;1H. The molecule has 0 radical (unpaired) electrons. The molecule has 0 bridgehead atoms. The number of aromatic nitrogens is 4. The molecule has 0 aliphatic rings. The van der Waals surface area contributed by atoms with E-state index in [1.807, 2.05) is 12.4 Å². The molecule has 0 spiro atoms. The Balaban J connectivity index is 0.00000337. The third-order valence-corrected chi connectivity index (χ3v) is 8.13. The lowest BCUT2D eigenvalue weighted by atomic mass is 10.1. The Bertz CT molecular complexity index is 1620. The van der Waals surface area contributed by atoms with Crippen molar-refractivity contribution in [3.63, 3.8) is 0 Å². The van der Waals surface area contributed by atoms with Gasteiger partial charge in [0.15, 0.2) is 0 Å². The number of pyridine rings is 2. The van der Waals surface area contributed by atoms with Crippen molar-refractivity contribution in [2.75, 3.05) is 13.1 Å². The monoisotopic (exact) mass is 568 g/mol. The molecule has 4 aromatic heterocycles. The van der Waals surface area contributed by atoms with Gasteiger partial charge in [0.1, 0.15) is 0 Å². The number of benzene rings is 2. The predicted octanol–water partition coefficient (Wildman–Crippen LogP) is 7.59. The lowest BCUT2D eigenvalue weighted by Crippen LogP contribution is -2.16. The highest BCUT2D eigenvalue weighted by molar-refractivity contribution is 6.08. The number of hydrogen-bond donors (Lipinski definition) is 2. The molecule has 6 rings (SSSR count). The largest absolute Gasteiger partial charge is 0.339 e. The van der Waals surface area contributed by atoms with Gasteiger partial charge >= 0.3 is 0 Å². The highest BCUT2D eigenvalue weighted by Gasteiger charge is 2.11. The lowest BCUT2D eigenvalue weighted by molar-refractivity contribution is 0.559. The van der Waals surface area contributed by atoms with E-state index in [1.54, 1.807) is 0 Å². The van der Waals surface area contributed by atoms with Gasteiger partial charge in [-0.15, -0.1) is 12.4 Å². The maximum atomic E-state index is 4.74. The molecule has 41 heavy (non-hydrogen) atoms. The molecule has 0 aliphatic heterocycles. The van der Waals surface area contributed by atoms with Crippen LogP contribution in [0.3, 0.4) is 0 Å². The minimum atomic E-state index is 0. The molecule has 7 heteroatoms. The maximum absolute atomic E-state index is 4.74. The van der Waals surface area contributed by atoms with Gasteiger partial charge in [-0.3, -0.25) is 9.97 Å². The Morgan fingerprint density at radius 1 is 0.561 bits per heavy atom.